The summed E-state index contributed by atoms with van der Waals surface area (Å²) in [5.74, 6) is -1.59. The van der Waals surface area contributed by atoms with Gasteiger partial charge in [-0.25, -0.2) is 9.59 Å². The van der Waals surface area contributed by atoms with Crippen molar-refractivity contribution in [2.24, 2.45) is 5.92 Å². The Labute approximate surface area is 198 Å². The van der Waals surface area contributed by atoms with E-state index in [-0.39, 0.29) is 37.9 Å². The Morgan fingerprint density at radius 1 is 0.971 bits per heavy atom. The molecule has 2 atom stereocenters. The molecule has 0 radical (unpaired) electrons. The van der Waals surface area contributed by atoms with Gasteiger partial charge in [0.25, 0.3) is 0 Å². The Balaban J connectivity index is 1.37. The number of amides is 2. The highest BCUT2D eigenvalue weighted by atomic mass is 16.5. The zero-order valence-corrected chi connectivity index (χ0v) is 18.9. The Morgan fingerprint density at radius 2 is 1.59 bits per heavy atom. The zero-order chi connectivity index (χ0) is 24.1. The van der Waals surface area contributed by atoms with Crippen LogP contribution in [-0.2, 0) is 14.3 Å². The van der Waals surface area contributed by atoms with Crippen molar-refractivity contribution in [3.8, 4) is 11.1 Å². The van der Waals surface area contributed by atoms with Gasteiger partial charge in [0.1, 0.15) is 12.6 Å². The number of benzene rings is 2. The van der Waals surface area contributed by atoms with E-state index in [1.54, 1.807) is 0 Å². The van der Waals surface area contributed by atoms with Gasteiger partial charge < -0.3 is 25.6 Å². The molecule has 8 heteroatoms. The molecule has 2 aliphatic rings. The molecule has 2 aliphatic carbocycles. The summed E-state index contributed by atoms with van der Waals surface area (Å²) in [5.41, 5.74) is 4.53. The van der Waals surface area contributed by atoms with Crippen molar-refractivity contribution in [2.45, 2.75) is 50.1 Å². The van der Waals surface area contributed by atoms with Crippen LogP contribution in [0.1, 0.15) is 49.1 Å². The molecule has 1 unspecified atom stereocenters. The third-order valence-corrected chi connectivity index (χ3v) is 6.82. The molecule has 2 amide bonds. The van der Waals surface area contributed by atoms with Crippen LogP contribution in [0.3, 0.4) is 0 Å². The number of nitrogens with one attached hydrogen (secondary N) is 2. The number of alkyl carbamates (subject to hydrolysis) is 1. The van der Waals surface area contributed by atoms with Crippen LogP contribution in [0.5, 0.6) is 0 Å². The molecule has 0 aromatic heterocycles. The van der Waals surface area contributed by atoms with Crippen LogP contribution in [0.4, 0.5) is 4.79 Å². The first-order chi connectivity index (χ1) is 16.5. The lowest BCUT2D eigenvalue weighted by Crippen LogP contribution is -2.48. The molecule has 2 aromatic carbocycles. The van der Waals surface area contributed by atoms with Crippen molar-refractivity contribution in [1.29, 1.82) is 0 Å². The van der Waals surface area contributed by atoms with Gasteiger partial charge in [-0.05, 0) is 41.0 Å². The number of aliphatic hydroxyl groups is 1. The lowest BCUT2D eigenvalue weighted by atomic mass is 9.78. The minimum Gasteiger partial charge on any atom is -0.480 e. The van der Waals surface area contributed by atoms with E-state index in [9.17, 15) is 19.5 Å². The number of hydrogen-bond donors (Lipinski definition) is 4. The quantitative estimate of drug-likeness (QED) is 0.427. The molecule has 8 nitrogen and oxygen atoms in total. The monoisotopic (exact) mass is 466 g/mol. The van der Waals surface area contributed by atoms with Gasteiger partial charge in [0.05, 0.1) is 0 Å². The van der Waals surface area contributed by atoms with Crippen LogP contribution in [0, 0.1) is 5.92 Å². The number of carboxylic acid groups (broad SMARTS) is 1. The Hall–Kier alpha value is -3.39. The van der Waals surface area contributed by atoms with Crippen LogP contribution in [0.25, 0.3) is 11.1 Å². The molecule has 34 heavy (non-hydrogen) atoms. The molecule has 0 spiro atoms. The second-order valence-electron chi connectivity index (χ2n) is 8.94. The van der Waals surface area contributed by atoms with E-state index in [0.717, 1.165) is 41.5 Å². The van der Waals surface area contributed by atoms with Crippen LogP contribution < -0.4 is 10.6 Å². The van der Waals surface area contributed by atoms with E-state index in [1.807, 2.05) is 36.4 Å². The fraction of sp³-hybridized carbons (Fsp3) is 0.423. The second kappa shape index (κ2) is 10.7. The van der Waals surface area contributed by atoms with Gasteiger partial charge >= 0.3 is 12.1 Å². The fourth-order valence-electron chi connectivity index (χ4n) is 4.81. The van der Waals surface area contributed by atoms with E-state index >= 15 is 0 Å². The largest absolute Gasteiger partial charge is 0.480 e. The summed E-state index contributed by atoms with van der Waals surface area (Å²) in [6.07, 6.45) is 2.11. The first kappa shape index (κ1) is 23.8. The molecular weight excluding hydrogens is 436 g/mol. The Kier molecular flexibility index (Phi) is 7.47. The minimum atomic E-state index is -1.20. The van der Waals surface area contributed by atoms with Crippen molar-refractivity contribution in [2.75, 3.05) is 13.2 Å². The molecule has 4 rings (SSSR count). The number of carboxylic acids is 1. The molecule has 180 valence electrons. The highest BCUT2D eigenvalue weighted by Gasteiger charge is 2.33. The molecule has 0 heterocycles. The minimum absolute atomic E-state index is 0.0376. The second-order valence-corrected chi connectivity index (χ2v) is 8.94. The van der Waals surface area contributed by atoms with Gasteiger partial charge in [-0.3, -0.25) is 4.79 Å². The number of rotatable bonds is 10. The number of hydrogen-bond acceptors (Lipinski definition) is 5. The summed E-state index contributed by atoms with van der Waals surface area (Å²) < 4.78 is 5.62. The summed E-state index contributed by atoms with van der Waals surface area (Å²) in [4.78, 5) is 36.4. The SMILES string of the molecule is O=C(CC(NC(=O)OCC1c2ccccc2-c2ccccc21)C1CCC1)N[C@H](CCO)C(=O)O. The third kappa shape index (κ3) is 5.22. The first-order valence-electron chi connectivity index (χ1n) is 11.7. The van der Waals surface area contributed by atoms with Crippen molar-refractivity contribution < 1.29 is 29.3 Å². The molecule has 0 bridgehead atoms. The van der Waals surface area contributed by atoms with Crippen molar-refractivity contribution in [3.05, 3.63) is 59.7 Å². The molecular formula is C26H30N2O6. The zero-order valence-electron chi connectivity index (χ0n) is 18.9. The molecule has 2 aromatic rings. The number of aliphatic hydroxyl groups excluding tert-OH is 1. The molecule has 0 saturated heterocycles. The lowest BCUT2D eigenvalue weighted by molar-refractivity contribution is -0.142. The Bertz CT molecular complexity index is 1010. The van der Waals surface area contributed by atoms with E-state index < -0.39 is 30.1 Å². The lowest BCUT2D eigenvalue weighted by Gasteiger charge is -2.34. The number of carbonyl (C=O) groups is 3. The van der Waals surface area contributed by atoms with E-state index in [0.29, 0.717) is 0 Å². The van der Waals surface area contributed by atoms with E-state index in [4.69, 9.17) is 9.84 Å². The van der Waals surface area contributed by atoms with Crippen molar-refractivity contribution in [1.82, 2.24) is 10.6 Å². The summed E-state index contributed by atoms with van der Waals surface area (Å²) in [6.45, 7) is -0.164. The predicted molar refractivity (Wildman–Crippen MR) is 125 cm³/mol. The molecule has 0 aliphatic heterocycles. The predicted octanol–water partition coefficient (Wildman–Crippen LogP) is 3.04. The standard InChI is InChI=1S/C26H30N2O6/c29-13-12-22(25(31)32)27-24(30)14-23(16-6-5-7-16)28-26(33)34-15-21-19-10-3-1-8-17(19)18-9-2-4-11-20(18)21/h1-4,8-11,16,21-23,29H,5-7,12-15H2,(H,27,30)(H,28,33)(H,31,32)/t22-,23?/m1/s1. The molecule has 1 fully saturated rings. The normalized spacial score (nSPS) is 16.5. The summed E-state index contributed by atoms with van der Waals surface area (Å²) in [7, 11) is 0. The topological polar surface area (TPSA) is 125 Å². The van der Waals surface area contributed by atoms with Gasteiger partial charge in [-0.15, -0.1) is 0 Å². The Morgan fingerprint density at radius 3 is 2.12 bits per heavy atom. The van der Waals surface area contributed by atoms with Gasteiger partial charge in [-0.1, -0.05) is 55.0 Å². The number of aliphatic carboxylic acids is 1. The van der Waals surface area contributed by atoms with Crippen LogP contribution in [-0.4, -0.2) is 53.5 Å². The maximum absolute atomic E-state index is 12.7. The number of carbonyl (C=O) groups excluding carboxylic acids is 2. The highest BCUT2D eigenvalue weighted by Crippen LogP contribution is 2.44. The average Bonchev–Trinajstić information content (AvgIpc) is 3.10. The van der Waals surface area contributed by atoms with Gasteiger partial charge in [0, 0.05) is 31.4 Å². The maximum Gasteiger partial charge on any atom is 0.407 e. The van der Waals surface area contributed by atoms with Crippen molar-refractivity contribution >= 4 is 18.0 Å². The van der Waals surface area contributed by atoms with Crippen LogP contribution in [0.2, 0.25) is 0 Å². The third-order valence-electron chi connectivity index (χ3n) is 6.82. The first-order valence-corrected chi connectivity index (χ1v) is 11.7. The summed E-state index contributed by atoms with van der Waals surface area (Å²) >= 11 is 0. The molecule has 1 saturated carbocycles. The van der Waals surface area contributed by atoms with Gasteiger partial charge in [0.2, 0.25) is 5.91 Å². The van der Waals surface area contributed by atoms with Crippen LogP contribution in [0.15, 0.2) is 48.5 Å². The highest BCUT2D eigenvalue weighted by molar-refractivity contribution is 5.84. The van der Waals surface area contributed by atoms with Crippen LogP contribution >= 0.6 is 0 Å². The van der Waals surface area contributed by atoms with E-state index in [1.165, 1.54) is 0 Å². The smallest absolute Gasteiger partial charge is 0.407 e. The fourth-order valence-corrected chi connectivity index (χ4v) is 4.81. The molecule has 4 N–H and O–H groups in total. The average molecular weight is 467 g/mol. The summed E-state index contributed by atoms with van der Waals surface area (Å²) in [5, 5.41) is 23.5. The maximum atomic E-state index is 12.7. The summed E-state index contributed by atoms with van der Waals surface area (Å²) in [6, 6.07) is 14.6. The van der Waals surface area contributed by atoms with Crippen molar-refractivity contribution in [3.63, 3.8) is 0 Å². The number of fused-ring (bicyclic) bond motifs is 3. The number of ether oxygens (including phenoxy) is 1. The van der Waals surface area contributed by atoms with Gasteiger partial charge in [0.15, 0.2) is 0 Å². The van der Waals surface area contributed by atoms with Gasteiger partial charge in [-0.2, -0.15) is 0 Å². The van der Waals surface area contributed by atoms with E-state index in [2.05, 4.69) is 22.8 Å².